The summed E-state index contributed by atoms with van der Waals surface area (Å²) in [5, 5.41) is 13.3. The fraction of sp³-hybridized carbons (Fsp3) is 0.125. The van der Waals surface area contributed by atoms with Crippen LogP contribution in [0.2, 0.25) is 0 Å². The molecule has 5 rings (SSSR count). The van der Waals surface area contributed by atoms with Crippen LogP contribution < -0.4 is 26.6 Å². The number of anilines is 5. The largest absolute Gasteiger partial charge is 0.326 e. The lowest BCUT2D eigenvalue weighted by atomic mass is 10.3. The highest BCUT2D eigenvalue weighted by molar-refractivity contribution is 7.81. The molecule has 330 valence electrons. The van der Waals surface area contributed by atoms with Crippen molar-refractivity contribution in [1.29, 1.82) is 0 Å². The Morgan fingerprint density at radius 3 is 0.450 bits per heavy atom. The van der Waals surface area contributed by atoms with Crippen LogP contribution in [0.3, 0.4) is 0 Å². The van der Waals surface area contributed by atoms with Gasteiger partial charge in [0.25, 0.3) is 0 Å². The maximum Gasteiger partial charge on any atom is 0.221 e. The van der Waals surface area contributed by atoms with Gasteiger partial charge in [-0.05, 0) is 121 Å². The summed E-state index contributed by atoms with van der Waals surface area (Å²) in [7, 11) is 0. The number of benzene rings is 5. The Morgan fingerprint density at radius 2 is 0.367 bits per heavy atom. The van der Waals surface area contributed by atoms with E-state index >= 15 is 0 Å². The van der Waals surface area contributed by atoms with Gasteiger partial charge < -0.3 is 26.6 Å². The molecular formula is C40H50F5N5O5S5. The van der Waals surface area contributed by atoms with Crippen molar-refractivity contribution in [2.75, 3.05) is 26.6 Å². The van der Waals surface area contributed by atoms with Crippen molar-refractivity contribution >= 4 is 121 Å². The van der Waals surface area contributed by atoms with Crippen LogP contribution >= 0.6 is 63.1 Å². The van der Waals surface area contributed by atoms with Gasteiger partial charge in [0.2, 0.25) is 29.5 Å². The first-order valence-electron chi connectivity index (χ1n) is 16.2. The van der Waals surface area contributed by atoms with Crippen LogP contribution in [0, 0.1) is 0 Å². The van der Waals surface area contributed by atoms with Crippen molar-refractivity contribution < 1.29 is 47.5 Å². The summed E-state index contributed by atoms with van der Waals surface area (Å²) in [6.07, 6.45) is 0. The zero-order valence-corrected chi connectivity index (χ0v) is 37.3. The summed E-state index contributed by atoms with van der Waals surface area (Å²) in [6.45, 7) is 7.40. The summed E-state index contributed by atoms with van der Waals surface area (Å²) < 4.78 is 0. The Morgan fingerprint density at radius 1 is 0.267 bits per heavy atom. The zero-order valence-electron chi connectivity index (χ0n) is 32.9. The molecule has 0 unspecified atom stereocenters. The molecule has 0 heterocycles. The second kappa shape index (κ2) is 35.8. The molecule has 5 aromatic carbocycles. The van der Waals surface area contributed by atoms with Crippen molar-refractivity contribution in [1.82, 2.24) is 0 Å². The lowest BCUT2D eigenvalue weighted by Crippen LogP contribution is -2.04. The van der Waals surface area contributed by atoms with E-state index in [1.165, 1.54) is 34.6 Å². The van der Waals surface area contributed by atoms with Gasteiger partial charge in [-0.3, -0.25) is 47.5 Å². The van der Waals surface area contributed by atoms with E-state index in [1.54, 1.807) is 0 Å². The first-order chi connectivity index (χ1) is 25.9. The van der Waals surface area contributed by atoms with E-state index in [4.69, 9.17) is 0 Å². The summed E-state index contributed by atoms with van der Waals surface area (Å²) in [5.41, 5.74) is 4.01. The van der Waals surface area contributed by atoms with E-state index < -0.39 is 0 Å². The number of amides is 5. The fourth-order valence-electron chi connectivity index (χ4n) is 3.74. The van der Waals surface area contributed by atoms with Crippen LogP contribution in [0.25, 0.3) is 0 Å². The van der Waals surface area contributed by atoms with Gasteiger partial charge in [-0.2, -0.15) is 0 Å². The van der Waals surface area contributed by atoms with Crippen molar-refractivity contribution in [3.63, 3.8) is 0 Å². The number of halogens is 5. The van der Waals surface area contributed by atoms with Crippen molar-refractivity contribution in [2.24, 2.45) is 0 Å². The van der Waals surface area contributed by atoms with Gasteiger partial charge in [0, 0.05) is 87.5 Å². The SMILES string of the molecule is CC(=O)Nc1ccc(S)cc1.CC(=O)Nc1ccc(S)cc1.CC(=O)Nc1ccc(S)cc1.CC(=O)Nc1ccc(S)cc1.CC(=O)Nc1ccc(S)cc1.F.F.F.F.F. The van der Waals surface area contributed by atoms with Gasteiger partial charge in [-0.15, -0.1) is 63.1 Å². The summed E-state index contributed by atoms with van der Waals surface area (Å²) >= 11 is 20.5. The van der Waals surface area contributed by atoms with Crippen LogP contribution in [0.15, 0.2) is 146 Å². The smallest absolute Gasteiger partial charge is 0.221 e. The van der Waals surface area contributed by atoms with Gasteiger partial charge in [0.1, 0.15) is 0 Å². The Bertz CT molecular complexity index is 1640. The molecule has 60 heavy (non-hydrogen) atoms. The second-order valence-corrected chi connectivity index (χ2v) is 13.7. The summed E-state index contributed by atoms with van der Waals surface area (Å²) in [6, 6.07) is 36.4. The summed E-state index contributed by atoms with van der Waals surface area (Å²) in [5.74, 6) is -0.292. The fourth-order valence-corrected chi connectivity index (χ4v) is 4.49. The molecule has 0 bridgehead atoms. The predicted molar refractivity (Wildman–Crippen MR) is 253 cm³/mol. The number of nitrogens with one attached hydrogen (secondary N) is 5. The Hall–Kier alpha value is -5.15. The molecule has 10 nitrogen and oxygen atoms in total. The maximum absolute atomic E-state index is 10.6. The lowest BCUT2D eigenvalue weighted by molar-refractivity contribution is -0.115. The van der Waals surface area contributed by atoms with Crippen LogP contribution in [0.1, 0.15) is 34.6 Å². The highest BCUT2D eigenvalue weighted by Gasteiger charge is 1.96. The average Bonchev–Trinajstić information content (AvgIpc) is 3.10. The Labute approximate surface area is 373 Å². The van der Waals surface area contributed by atoms with E-state index in [2.05, 4.69) is 89.7 Å². The number of thiol groups is 5. The van der Waals surface area contributed by atoms with E-state index in [0.29, 0.717) is 0 Å². The van der Waals surface area contributed by atoms with Crippen LogP contribution in [0.4, 0.5) is 52.0 Å². The third-order valence-corrected chi connectivity index (χ3v) is 7.43. The van der Waals surface area contributed by atoms with E-state index in [0.717, 1.165) is 52.9 Å². The second-order valence-electron chi connectivity index (χ2n) is 11.1. The Kier molecular flexibility index (Phi) is 38.2. The maximum atomic E-state index is 10.6. The molecule has 0 spiro atoms. The van der Waals surface area contributed by atoms with Crippen LogP contribution in [-0.2, 0) is 24.0 Å². The molecule has 0 saturated carbocycles. The Balaban J connectivity index is -0.000000206. The number of hydrogen-bond acceptors (Lipinski definition) is 10. The molecule has 20 heteroatoms. The van der Waals surface area contributed by atoms with Crippen molar-refractivity contribution in [3.8, 4) is 0 Å². The quantitative estimate of drug-likeness (QED) is 0.0630. The van der Waals surface area contributed by atoms with Gasteiger partial charge in [0.05, 0.1) is 0 Å². The van der Waals surface area contributed by atoms with Crippen LogP contribution in [-0.4, -0.2) is 29.5 Å². The molecule has 0 aliphatic rings. The van der Waals surface area contributed by atoms with E-state index in [1.807, 2.05) is 121 Å². The van der Waals surface area contributed by atoms with Crippen molar-refractivity contribution in [3.05, 3.63) is 121 Å². The number of hydrogen-bond donors (Lipinski definition) is 10. The third-order valence-electron chi connectivity index (χ3n) is 5.94. The standard InChI is InChI=1S/5C8H9NOS.5FH/c5*1-6(10)9-7-2-4-8(11)5-3-7;;;;;/h5*2-5,11H,1H3,(H,9,10);5*1H. The molecule has 5 aromatic rings. The van der Waals surface area contributed by atoms with Gasteiger partial charge >= 0.3 is 0 Å². The first-order valence-corrected chi connectivity index (χ1v) is 18.5. The van der Waals surface area contributed by atoms with Crippen LogP contribution in [0.5, 0.6) is 0 Å². The molecule has 0 aromatic heterocycles. The van der Waals surface area contributed by atoms with Gasteiger partial charge in [-0.1, -0.05) is 0 Å². The van der Waals surface area contributed by atoms with Gasteiger partial charge in [-0.25, -0.2) is 0 Å². The number of carbonyl (C=O) groups excluding carboxylic acids is 5. The average molecular weight is 936 g/mol. The predicted octanol–water partition coefficient (Wildman–Crippen LogP) is 10.4. The van der Waals surface area contributed by atoms with E-state index in [9.17, 15) is 24.0 Å². The van der Waals surface area contributed by atoms with Gasteiger partial charge in [0.15, 0.2) is 0 Å². The van der Waals surface area contributed by atoms with Crippen molar-refractivity contribution in [2.45, 2.75) is 59.1 Å². The first kappa shape index (κ1) is 64.0. The monoisotopic (exact) mass is 935 g/mol. The number of carbonyl (C=O) groups is 5. The molecular weight excluding hydrogens is 886 g/mol. The molecule has 5 N–H and O–H groups in total. The third kappa shape index (κ3) is 33.8. The zero-order chi connectivity index (χ0) is 41.3. The molecule has 5 amide bonds. The molecule has 0 aliphatic carbocycles. The molecule has 0 saturated heterocycles. The molecule has 0 fully saturated rings. The normalized spacial score (nSPS) is 8.50. The summed E-state index contributed by atoms with van der Waals surface area (Å²) in [4.78, 5) is 57.3. The topological polar surface area (TPSA) is 146 Å². The molecule has 0 aliphatic heterocycles. The van der Waals surface area contributed by atoms with E-state index in [-0.39, 0.29) is 53.1 Å². The molecule has 0 radical (unpaired) electrons. The minimum absolute atomic E-state index is 0. The highest BCUT2D eigenvalue weighted by Crippen LogP contribution is 2.14. The minimum atomic E-state index is -0.0584. The minimum Gasteiger partial charge on any atom is -0.326 e. The number of rotatable bonds is 5. The lowest BCUT2D eigenvalue weighted by Gasteiger charge is -2.00. The highest BCUT2D eigenvalue weighted by atomic mass is 32.1. The molecule has 0 atom stereocenters.